The summed E-state index contributed by atoms with van der Waals surface area (Å²) in [6.45, 7) is 9.58. The molecule has 0 aromatic heterocycles. The number of hydrogen-bond donors (Lipinski definition) is 4. The largest absolute Gasteiger partial charge is 0.378 e. The van der Waals surface area contributed by atoms with Crippen LogP contribution in [0.4, 0.5) is 0 Å². The molecule has 4 atom stereocenters. The SMILES string of the molecule is CCC(C)(NCCOCCOCC(=O)C(C)(CC)NCCCCC(NS)C(=O)P)C(=O)CCN1C(=O)C=CC1=O. The highest BCUT2D eigenvalue weighted by atomic mass is 32.1. The Hall–Kier alpha value is -1.53. The van der Waals surface area contributed by atoms with E-state index in [1.54, 1.807) is 6.92 Å². The maximum Gasteiger partial charge on any atom is 0.253 e. The van der Waals surface area contributed by atoms with Crippen LogP contribution in [0, 0.1) is 0 Å². The van der Waals surface area contributed by atoms with Gasteiger partial charge in [0.15, 0.2) is 17.1 Å². The molecule has 11 nitrogen and oxygen atoms in total. The van der Waals surface area contributed by atoms with Crippen LogP contribution in [0.25, 0.3) is 0 Å². The van der Waals surface area contributed by atoms with Gasteiger partial charge in [0.2, 0.25) is 0 Å². The zero-order valence-corrected chi connectivity index (χ0v) is 26.3. The van der Waals surface area contributed by atoms with E-state index in [0.29, 0.717) is 45.6 Å². The Kier molecular flexibility index (Phi) is 17.2. The molecule has 2 amide bonds. The Labute approximate surface area is 246 Å². The summed E-state index contributed by atoms with van der Waals surface area (Å²) in [5.74, 6) is -0.896. The van der Waals surface area contributed by atoms with Crippen molar-refractivity contribution in [2.24, 2.45) is 0 Å². The highest BCUT2D eigenvalue weighted by Crippen LogP contribution is 2.15. The van der Waals surface area contributed by atoms with Crippen molar-refractivity contribution in [2.45, 2.75) is 83.3 Å². The standard InChI is InChI=1S/C27H47N4O7PS/c1-5-26(3,21(32)12-15-31-23(34)10-11-24(31)35)29-14-16-37-17-18-38-19-22(33)27(4,6-2)28-13-8-7-9-20(30-40)25(36)39/h10-11,20,28-30,40H,5-9,12-19,39H2,1-4H3. The molecule has 0 fully saturated rings. The summed E-state index contributed by atoms with van der Waals surface area (Å²) in [7, 11) is 2.16. The molecule has 0 spiro atoms. The highest BCUT2D eigenvalue weighted by Gasteiger charge is 2.32. The number of ketones is 2. The highest BCUT2D eigenvalue weighted by molar-refractivity contribution is 7.78. The Morgan fingerprint density at radius 3 is 2.08 bits per heavy atom. The summed E-state index contributed by atoms with van der Waals surface area (Å²) in [6.07, 6.45) is 6.00. The second-order valence-corrected chi connectivity index (χ2v) is 11.1. The third kappa shape index (κ3) is 12.1. The second kappa shape index (κ2) is 18.8. The fraction of sp³-hybridized carbons (Fsp3) is 0.741. The summed E-state index contributed by atoms with van der Waals surface area (Å²) in [4.78, 5) is 61.3. The van der Waals surface area contributed by atoms with E-state index in [4.69, 9.17) is 9.47 Å². The van der Waals surface area contributed by atoms with Gasteiger partial charge in [-0.1, -0.05) is 42.3 Å². The van der Waals surface area contributed by atoms with Crippen LogP contribution in [-0.2, 0) is 33.4 Å². The van der Waals surface area contributed by atoms with Gasteiger partial charge in [0.05, 0.1) is 36.9 Å². The molecule has 13 heteroatoms. The van der Waals surface area contributed by atoms with Crippen molar-refractivity contribution in [2.75, 3.05) is 46.1 Å². The Morgan fingerprint density at radius 1 is 0.925 bits per heavy atom. The van der Waals surface area contributed by atoms with E-state index in [1.165, 1.54) is 12.2 Å². The van der Waals surface area contributed by atoms with Gasteiger partial charge in [-0.05, 0) is 46.1 Å². The van der Waals surface area contributed by atoms with Crippen molar-refractivity contribution in [3.05, 3.63) is 12.2 Å². The predicted octanol–water partition coefficient (Wildman–Crippen LogP) is 1.36. The number of imide groups is 1. The fourth-order valence-corrected chi connectivity index (χ4v) is 4.68. The lowest BCUT2D eigenvalue weighted by atomic mass is 9.91. The maximum absolute atomic E-state index is 12.8. The number of ether oxygens (including phenoxy) is 2. The summed E-state index contributed by atoms with van der Waals surface area (Å²) in [6, 6.07) is -0.290. The predicted molar refractivity (Wildman–Crippen MR) is 160 cm³/mol. The number of nitrogens with one attached hydrogen (secondary N) is 3. The number of unbranched alkanes of at least 4 members (excludes halogenated alkanes) is 1. The Morgan fingerprint density at radius 2 is 1.50 bits per heavy atom. The molecule has 40 heavy (non-hydrogen) atoms. The maximum atomic E-state index is 12.8. The van der Waals surface area contributed by atoms with Crippen LogP contribution in [-0.4, -0.2) is 97.0 Å². The van der Waals surface area contributed by atoms with Gasteiger partial charge in [-0.25, -0.2) is 0 Å². The lowest BCUT2D eigenvalue weighted by Crippen LogP contribution is -2.51. The summed E-state index contributed by atoms with van der Waals surface area (Å²) >= 11 is 3.98. The molecule has 0 saturated carbocycles. The van der Waals surface area contributed by atoms with Crippen LogP contribution in [0.5, 0.6) is 0 Å². The number of hydrogen-bond acceptors (Lipinski definition) is 11. The van der Waals surface area contributed by atoms with Crippen molar-refractivity contribution < 1.29 is 33.4 Å². The monoisotopic (exact) mass is 602 g/mol. The minimum Gasteiger partial charge on any atom is -0.378 e. The molecule has 0 radical (unpaired) electrons. The van der Waals surface area contributed by atoms with Gasteiger partial charge < -0.3 is 20.1 Å². The van der Waals surface area contributed by atoms with Gasteiger partial charge in [0.25, 0.3) is 11.8 Å². The van der Waals surface area contributed by atoms with Gasteiger partial charge in [-0.3, -0.25) is 33.6 Å². The minimum atomic E-state index is -0.791. The lowest BCUT2D eigenvalue weighted by molar-refractivity contribution is -0.137. The minimum absolute atomic E-state index is 0.0217. The first-order valence-electron chi connectivity index (χ1n) is 13.9. The molecule has 228 valence electrons. The van der Waals surface area contributed by atoms with E-state index in [9.17, 15) is 24.0 Å². The number of nitrogens with zero attached hydrogens (tertiary/aromatic N) is 1. The number of amides is 2. The van der Waals surface area contributed by atoms with Gasteiger partial charge >= 0.3 is 0 Å². The average molecular weight is 603 g/mol. The van der Waals surface area contributed by atoms with Gasteiger partial charge in [0.1, 0.15) is 6.61 Å². The second-order valence-electron chi connectivity index (χ2n) is 10.2. The number of thiol groups is 1. The van der Waals surface area contributed by atoms with E-state index in [2.05, 4.69) is 37.4 Å². The molecule has 0 saturated heterocycles. The molecule has 0 aromatic rings. The Balaban J connectivity index is 2.23. The molecular formula is C27H47N4O7PS. The average Bonchev–Trinajstić information content (AvgIpc) is 3.26. The zero-order chi connectivity index (χ0) is 30.2. The quantitative estimate of drug-likeness (QED) is 0.0554. The van der Waals surface area contributed by atoms with Gasteiger partial charge in [-0.2, -0.15) is 0 Å². The van der Waals surface area contributed by atoms with Crippen molar-refractivity contribution >= 4 is 51.0 Å². The van der Waals surface area contributed by atoms with Crippen LogP contribution in [0.1, 0.15) is 66.2 Å². The third-order valence-corrected chi connectivity index (χ3v) is 8.12. The van der Waals surface area contributed by atoms with Crippen LogP contribution in [0.2, 0.25) is 0 Å². The molecule has 1 rings (SSSR count). The van der Waals surface area contributed by atoms with Crippen LogP contribution < -0.4 is 15.4 Å². The lowest BCUT2D eigenvalue weighted by Gasteiger charge is -2.29. The van der Waals surface area contributed by atoms with E-state index in [-0.39, 0.29) is 49.3 Å². The van der Waals surface area contributed by atoms with Crippen LogP contribution in [0.15, 0.2) is 12.2 Å². The van der Waals surface area contributed by atoms with E-state index < -0.39 is 22.9 Å². The normalized spacial score (nSPS) is 17.1. The fourth-order valence-electron chi connectivity index (χ4n) is 4.03. The number of Topliss-reactive ketones (excluding diaryl/α,β-unsaturated/α-hetero) is 2. The molecule has 1 aliphatic rings. The third-order valence-electron chi connectivity index (χ3n) is 7.41. The van der Waals surface area contributed by atoms with Crippen LogP contribution in [0.3, 0.4) is 0 Å². The molecule has 0 aromatic carbocycles. The topological polar surface area (TPSA) is 143 Å². The zero-order valence-electron chi connectivity index (χ0n) is 24.3. The molecule has 3 N–H and O–H groups in total. The molecular weight excluding hydrogens is 555 g/mol. The molecule has 4 unspecified atom stereocenters. The first kappa shape index (κ1) is 36.5. The van der Waals surface area contributed by atoms with Gasteiger partial charge in [0, 0.05) is 31.7 Å². The Bertz CT molecular complexity index is 888. The molecule has 0 bridgehead atoms. The van der Waals surface area contributed by atoms with Crippen molar-refractivity contribution in [1.29, 1.82) is 0 Å². The van der Waals surface area contributed by atoms with E-state index >= 15 is 0 Å². The van der Waals surface area contributed by atoms with E-state index in [0.717, 1.165) is 17.7 Å². The van der Waals surface area contributed by atoms with E-state index in [1.807, 2.05) is 20.8 Å². The van der Waals surface area contributed by atoms with Crippen molar-refractivity contribution in [1.82, 2.24) is 20.3 Å². The number of rotatable bonds is 24. The molecule has 1 heterocycles. The van der Waals surface area contributed by atoms with Crippen molar-refractivity contribution in [3.63, 3.8) is 0 Å². The summed E-state index contributed by atoms with van der Waals surface area (Å²) < 4.78 is 13.8. The first-order chi connectivity index (χ1) is 18.9. The smallest absolute Gasteiger partial charge is 0.253 e. The summed E-state index contributed by atoms with van der Waals surface area (Å²) in [5, 5.41) is 6.54. The first-order valence-corrected chi connectivity index (χ1v) is 14.9. The van der Waals surface area contributed by atoms with Crippen molar-refractivity contribution in [3.8, 4) is 0 Å². The van der Waals surface area contributed by atoms with Gasteiger partial charge in [-0.15, -0.1) is 0 Å². The summed E-state index contributed by atoms with van der Waals surface area (Å²) in [5.41, 5.74) is -1.50. The number of carbonyl (C=O) groups is 5. The molecule has 0 aliphatic carbocycles. The molecule has 1 aliphatic heterocycles. The van der Waals surface area contributed by atoms with Crippen LogP contribution >= 0.6 is 22.1 Å². The number of carbonyl (C=O) groups excluding carboxylic acids is 5.